The van der Waals surface area contributed by atoms with Crippen LogP contribution in [-0.4, -0.2) is 20.4 Å². The highest BCUT2D eigenvalue weighted by Gasteiger charge is 2.29. The fourth-order valence-corrected chi connectivity index (χ4v) is 3.81. The van der Waals surface area contributed by atoms with Gasteiger partial charge in [-0.3, -0.25) is 0 Å². The van der Waals surface area contributed by atoms with Crippen LogP contribution in [0.5, 0.6) is 17.2 Å². The summed E-state index contributed by atoms with van der Waals surface area (Å²) >= 11 is 0. The predicted octanol–water partition coefficient (Wildman–Crippen LogP) is 4.35. The quantitative estimate of drug-likeness (QED) is 0.887. The van der Waals surface area contributed by atoms with Gasteiger partial charge in [-0.15, -0.1) is 0 Å². The molecule has 1 unspecified atom stereocenters. The molecule has 1 atom stereocenters. The third-order valence-corrected chi connectivity index (χ3v) is 5.89. The van der Waals surface area contributed by atoms with Crippen LogP contribution in [-0.2, 0) is 11.8 Å². The Hall–Kier alpha value is -2.20. The number of hydrogen-bond acceptors (Lipinski definition) is 4. The van der Waals surface area contributed by atoms with Crippen molar-refractivity contribution < 1.29 is 14.2 Å². The summed E-state index contributed by atoms with van der Waals surface area (Å²) in [7, 11) is 1.74. The Kier molecular flexibility index (Phi) is 4.31. The number of methoxy groups -OCH3 is 1. The van der Waals surface area contributed by atoms with Gasteiger partial charge < -0.3 is 19.5 Å². The van der Waals surface area contributed by atoms with E-state index in [1.165, 1.54) is 22.3 Å². The highest BCUT2D eigenvalue weighted by atomic mass is 16.7. The highest BCUT2D eigenvalue weighted by Crippen LogP contribution is 2.42. The van der Waals surface area contributed by atoms with Crippen molar-refractivity contribution in [3.63, 3.8) is 0 Å². The molecule has 4 rings (SSSR count). The van der Waals surface area contributed by atoms with E-state index in [1.54, 1.807) is 7.11 Å². The Balaban J connectivity index is 1.82. The van der Waals surface area contributed by atoms with E-state index in [-0.39, 0.29) is 11.5 Å². The van der Waals surface area contributed by atoms with Crippen molar-refractivity contribution in [1.29, 1.82) is 0 Å². The minimum Gasteiger partial charge on any atom is -0.496 e. The topological polar surface area (TPSA) is 39.7 Å². The lowest BCUT2D eigenvalue weighted by atomic mass is 9.80. The molecule has 4 heteroatoms. The van der Waals surface area contributed by atoms with Gasteiger partial charge in [0.15, 0.2) is 11.5 Å². The van der Waals surface area contributed by atoms with Gasteiger partial charge in [-0.05, 0) is 59.2 Å². The summed E-state index contributed by atoms with van der Waals surface area (Å²) in [5.41, 5.74) is 5.23. The van der Waals surface area contributed by atoms with Crippen LogP contribution in [0.2, 0.25) is 0 Å². The molecule has 0 amide bonds. The van der Waals surface area contributed by atoms with E-state index in [2.05, 4.69) is 56.4 Å². The van der Waals surface area contributed by atoms with Crippen molar-refractivity contribution in [2.75, 3.05) is 20.4 Å². The highest BCUT2D eigenvalue weighted by molar-refractivity contribution is 5.54. The van der Waals surface area contributed by atoms with E-state index in [9.17, 15) is 0 Å². The lowest BCUT2D eigenvalue weighted by Gasteiger charge is -2.31. The molecule has 0 fully saturated rings. The molecule has 0 saturated heterocycles. The Morgan fingerprint density at radius 2 is 1.88 bits per heavy atom. The van der Waals surface area contributed by atoms with Crippen LogP contribution in [0.4, 0.5) is 0 Å². The smallest absolute Gasteiger partial charge is 0.231 e. The largest absolute Gasteiger partial charge is 0.496 e. The van der Waals surface area contributed by atoms with E-state index in [0.717, 1.165) is 36.6 Å². The molecule has 0 aromatic heterocycles. The Labute approximate surface area is 155 Å². The predicted molar refractivity (Wildman–Crippen MR) is 102 cm³/mol. The minimum atomic E-state index is 0.0933. The van der Waals surface area contributed by atoms with Crippen molar-refractivity contribution in [2.24, 2.45) is 0 Å². The van der Waals surface area contributed by atoms with E-state index < -0.39 is 0 Å². The Bertz CT molecular complexity index is 828. The molecule has 0 saturated carbocycles. The number of hydrogen-bond donors (Lipinski definition) is 1. The molecule has 0 radical (unpaired) electrons. The maximum Gasteiger partial charge on any atom is 0.231 e. The third kappa shape index (κ3) is 2.82. The number of nitrogens with one attached hydrogen (secondary N) is 1. The zero-order valence-corrected chi connectivity index (χ0v) is 16.0. The fourth-order valence-electron chi connectivity index (χ4n) is 3.81. The summed E-state index contributed by atoms with van der Waals surface area (Å²) in [6.45, 7) is 8.05. The maximum atomic E-state index is 5.71. The van der Waals surface area contributed by atoms with Crippen LogP contribution in [0.1, 0.15) is 55.5 Å². The molecular formula is C22H27NO3. The molecule has 0 spiro atoms. The van der Waals surface area contributed by atoms with E-state index in [0.29, 0.717) is 6.79 Å². The van der Waals surface area contributed by atoms with Crippen LogP contribution in [0.25, 0.3) is 0 Å². The molecule has 0 aliphatic carbocycles. The number of ether oxygens (including phenoxy) is 3. The molecule has 0 bridgehead atoms. The van der Waals surface area contributed by atoms with Gasteiger partial charge in [0.2, 0.25) is 6.79 Å². The lowest BCUT2D eigenvalue weighted by molar-refractivity contribution is 0.174. The van der Waals surface area contributed by atoms with Gasteiger partial charge >= 0.3 is 0 Å². The summed E-state index contributed by atoms with van der Waals surface area (Å²) in [5, 5.41) is 3.68. The molecule has 2 aromatic carbocycles. The number of rotatable bonds is 4. The minimum absolute atomic E-state index is 0.0933. The standard InChI is InChI=1S/C22H27NO3/c1-5-22(2,3)15-6-7-18(24-4)17(11-15)21-16-12-20-19(25-13-26-20)10-14(16)8-9-23-21/h6-7,10-12,21,23H,5,8-9,13H2,1-4H3. The zero-order chi connectivity index (χ0) is 18.3. The fraction of sp³-hybridized carbons (Fsp3) is 0.455. The second kappa shape index (κ2) is 6.51. The van der Waals surface area contributed by atoms with Crippen molar-refractivity contribution in [3.05, 3.63) is 52.6 Å². The molecular weight excluding hydrogens is 326 g/mol. The Morgan fingerprint density at radius 1 is 1.12 bits per heavy atom. The molecule has 1 N–H and O–H groups in total. The first kappa shape index (κ1) is 17.2. The SMILES string of the molecule is CCC(C)(C)c1ccc(OC)c(C2NCCc3cc4c(cc32)OCO4)c1. The zero-order valence-electron chi connectivity index (χ0n) is 16.0. The Morgan fingerprint density at radius 3 is 2.62 bits per heavy atom. The third-order valence-electron chi connectivity index (χ3n) is 5.89. The average molecular weight is 353 g/mol. The summed E-state index contributed by atoms with van der Waals surface area (Å²) < 4.78 is 16.9. The van der Waals surface area contributed by atoms with Gasteiger partial charge in [-0.1, -0.05) is 26.8 Å². The molecule has 2 aromatic rings. The normalized spacial score (nSPS) is 18.5. The van der Waals surface area contributed by atoms with Crippen LogP contribution in [0, 0.1) is 0 Å². The van der Waals surface area contributed by atoms with Crippen LogP contribution in [0.15, 0.2) is 30.3 Å². The van der Waals surface area contributed by atoms with Crippen LogP contribution in [0.3, 0.4) is 0 Å². The van der Waals surface area contributed by atoms with Gasteiger partial charge in [0, 0.05) is 12.1 Å². The first-order valence-electron chi connectivity index (χ1n) is 9.37. The molecule has 2 heterocycles. The van der Waals surface area contributed by atoms with Crippen molar-refractivity contribution in [2.45, 2.75) is 45.1 Å². The summed E-state index contributed by atoms with van der Waals surface area (Å²) in [5.74, 6) is 2.61. The number of benzene rings is 2. The average Bonchev–Trinajstić information content (AvgIpc) is 3.12. The van der Waals surface area contributed by atoms with Crippen LogP contribution < -0.4 is 19.5 Å². The first-order chi connectivity index (χ1) is 12.5. The van der Waals surface area contributed by atoms with Crippen LogP contribution >= 0.6 is 0 Å². The first-order valence-corrected chi connectivity index (χ1v) is 9.37. The molecule has 4 nitrogen and oxygen atoms in total. The van der Waals surface area contributed by atoms with Crippen molar-refractivity contribution >= 4 is 0 Å². The van der Waals surface area contributed by atoms with E-state index in [1.807, 2.05) is 0 Å². The van der Waals surface area contributed by atoms with Gasteiger partial charge in [0.25, 0.3) is 0 Å². The number of fused-ring (bicyclic) bond motifs is 2. The van der Waals surface area contributed by atoms with Gasteiger partial charge in [-0.2, -0.15) is 0 Å². The van der Waals surface area contributed by atoms with E-state index >= 15 is 0 Å². The molecule has 2 aliphatic rings. The lowest BCUT2D eigenvalue weighted by Crippen LogP contribution is -2.31. The monoisotopic (exact) mass is 353 g/mol. The van der Waals surface area contributed by atoms with Gasteiger partial charge in [0.1, 0.15) is 5.75 Å². The maximum absolute atomic E-state index is 5.71. The summed E-state index contributed by atoms with van der Waals surface area (Å²) in [6, 6.07) is 11.0. The summed E-state index contributed by atoms with van der Waals surface area (Å²) in [6.07, 6.45) is 2.08. The molecule has 138 valence electrons. The van der Waals surface area contributed by atoms with E-state index in [4.69, 9.17) is 14.2 Å². The molecule has 26 heavy (non-hydrogen) atoms. The van der Waals surface area contributed by atoms with Crippen molar-refractivity contribution in [1.82, 2.24) is 5.32 Å². The second-order valence-electron chi connectivity index (χ2n) is 7.74. The summed E-state index contributed by atoms with van der Waals surface area (Å²) in [4.78, 5) is 0. The second-order valence-corrected chi connectivity index (χ2v) is 7.74. The molecule has 2 aliphatic heterocycles. The van der Waals surface area contributed by atoms with Gasteiger partial charge in [0.05, 0.1) is 13.2 Å². The van der Waals surface area contributed by atoms with Crippen molar-refractivity contribution in [3.8, 4) is 17.2 Å². The van der Waals surface area contributed by atoms with Gasteiger partial charge in [-0.25, -0.2) is 0 Å².